The maximum atomic E-state index is 12.8. The zero-order valence-corrected chi connectivity index (χ0v) is 18.8. The summed E-state index contributed by atoms with van der Waals surface area (Å²) >= 11 is 1.26. The standard InChI is InChI=1S/C23H22N4O5S/c1-12-7-13-8-14(3-4-16(13)27(12)23(31)24-2)32-19-5-6-25-15-9-20(33-21(15)19)22(30)26-10-17(28)18(29)11-26/h3-9,17-18,28-29H,10-11H2,1-2H3,(H,24,31)/t17-,18-/m0/s1. The monoisotopic (exact) mass is 466 g/mol. The molecule has 0 unspecified atom stereocenters. The second-order valence-electron chi connectivity index (χ2n) is 7.98. The molecule has 33 heavy (non-hydrogen) atoms. The van der Waals surface area contributed by atoms with Crippen molar-refractivity contribution >= 4 is 44.4 Å². The zero-order chi connectivity index (χ0) is 23.3. The first kappa shape index (κ1) is 21.4. The van der Waals surface area contributed by atoms with E-state index in [9.17, 15) is 19.8 Å². The summed E-state index contributed by atoms with van der Waals surface area (Å²) in [5, 5.41) is 23.0. The summed E-state index contributed by atoms with van der Waals surface area (Å²) in [4.78, 5) is 31.3. The van der Waals surface area contributed by atoms with Crippen LogP contribution >= 0.6 is 11.3 Å². The number of β-amino-alcohol motifs (C(OH)–C–C–N with tert-alkyl or cyclic N) is 2. The third-order valence-corrected chi connectivity index (χ3v) is 6.86. The largest absolute Gasteiger partial charge is 0.456 e. The van der Waals surface area contributed by atoms with Crippen LogP contribution in [0.3, 0.4) is 0 Å². The topological polar surface area (TPSA) is 117 Å². The molecule has 0 bridgehead atoms. The second-order valence-corrected chi connectivity index (χ2v) is 9.03. The number of rotatable bonds is 3. The molecule has 1 aliphatic rings. The van der Waals surface area contributed by atoms with E-state index < -0.39 is 12.2 Å². The van der Waals surface area contributed by atoms with Crippen LogP contribution in [0.15, 0.2) is 42.6 Å². The second kappa shape index (κ2) is 8.14. The highest BCUT2D eigenvalue weighted by Crippen LogP contribution is 2.36. The zero-order valence-electron chi connectivity index (χ0n) is 18.0. The first-order chi connectivity index (χ1) is 15.9. The highest BCUT2D eigenvalue weighted by Gasteiger charge is 2.33. The third kappa shape index (κ3) is 3.71. The van der Waals surface area contributed by atoms with E-state index >= 15 is 0 Å². The molecule has 5 rings (SSSR count). The summed E-state index contributed by atoms with van der Waals surface area (Å²) < 4.78 is 8.47. The lowest BCUT2D eigenvalue weighted by atomic mass is 10.2. The summed E-state index contributed by atoms with van der Waals surface area (Å²) in [5.41, 5.74) is 2.22. The maximum Gasteiger partial charge on any atom is 0.325 e. The molecule has 1 aliphatic heterocycles. The number of aliphatic hydroxyl groups excluding tert-OH is 2. The number of amides is 2. The van der Waals surface area contributed by atoms with Gasteiger partial charge in [-0.05, 0) is 37.3 Å². The normalized spacial score (nSPS) is 18.2. The van der Waals surface area contributed by atoms with E-state index in [1.54, 1.807) is 36.0 Å². The number of likely N-dealkylation sites (tertiary alicyclic amines) is 1. The molecule has 2 atom stereocenters. The molecular weight excluding hydrogens is 444 g/mol. The lowest BCUT2D eigenvalue weighted by Gasteiger charge is -2.13. The molecule has 4 heterocycles. The number of aliphatic hydroxyl groups is 2. The number of carbonyl (C=O) groups excluding carboxylic acids is 2. The average molecular weight is 467 g/mol. The molecule has 0 spiro atoms. The van der Waals surface area contributed by atoms with Gasteiger partial charge in [0.15, 0.2) is 0 Å². The Morgan fingerprint density at radius 2 is 1.91 bits per heavy atom. The molecule has 2 amide bonds. The minimum Gasteiger partial charge on any atom is -0.456 e. The molecule has 0 aliphatic carbocycles. The van der Waals surface area contributed by atoms with Crippen LogP contribution in [-0.2, 0) is 0 Å². The Bertz CT molecular complexity index is 1380. The predicted octanol–water partition coefficient (Wildman–Crippen LogP) is 2.72. The number of pyridine rings is 1. The number of fused-ring (bicyclic) bond motifs is 2. The van der Waals surface area contributed by atoms with E-state index in [1.807, 2.05) is 25.1 Å². The van der Waals surface area contributed by atoms with Crippen molar-refractivity contribution in [2.45, 2.75) is 19.1 Å². The highest BCUT2D eigenvalue weighted by atomic mass is 32.1. The van der Waals surface area contributed by atoms with Gasteiger partial charge in [0.1, 0.15) is 11.5 Å². The molecule has 1 saturated heterocycles. The molecule has 3 aromatic heterocycles. The number of carbonyl (C=O) groups is 2. The van der Waals surface area contributed by atoms with Crippen LogP contribution in [0.1, 0.15) is 15.4 Å². The van der Waals surface area contributed by atoms with Gasteiger partial charge >= 0.3 is 6.03 Å². The summed E-state index contributed by atoms with van der Waals surface area (Å²) in [6.45, 7) is 2.06. The van der Waals surface area contributed by atoms with Crippen molar-refractivity contribution < 1.29 is 24.5 Å². The van der Waals surface area contributed by atoms with Gasteiger partial charge in [-0.1, -0.05) is 0 Å². The van der Waals surface area contributed by atoms with Gasteiger partial charge in [0, 0.05) is 43.5 Å². The molecule has 1 fully saturated rings. The Balaban J connectivity index is 1.45. The van der Waals surface area contributed by atoms with Gasteiger partial charge in [-0.25, -0.2) is 4.79 Å². The minimum absolute atomic E-state index is 0.0974. The summed E-state index contributed by atoms with van der Waals surface area (Å²) in [6, 6.07) is 10.6. The van der Waals surface area contributed by atoms with E-state index in [-0.39, 0.29) is 25.0 Å². The highest BCUT2D eigenvalue weighted by molar-refractivity contribution is 7.21. The van der Waals surface area contributed by atoms with E-state index in [2.05, 4.69) is 10.3 Å². The van der Waals surface area contributed by atoms with E-state index in [0.717, 1.165) is 21.3 Å². The SMILES string of the molecule is CNC(=O)n1c(C)cc2cc(Oc3ccnc4cc(C(=O)N5C[C@H](O)[C@@H](O)C5)sc34)ccc21. The van der Waals surface area contributed by atoms with Gasteiger partial charge in [0.2, 0.25) is 0 Å². The summed E-state index contributed by atoms with van der Waals surface area (Å²) in [7, 11) is 1.59. The average Bonchev–Trinajstić information content (AvgIpc) is 3.47. The number of ether oxygens (including phenoxy) is 1. The Morgan fingerprint density at radius 1 is 1.15 bits per heavy atom. The number of thiophene rings is 1. The fraction of sp³-hybridized carbons (Fsp3) is 0.261. The molecule has 3 N–H and O–H groups in total. The van der Waals surface area contributed by atoms with Crippen molar-refractivity contribution in [3.8, 4) is 11.5 Å². The molecule has 9 nitrogen and oxygen atoms in total. The lowest BCUT2D eigenvalue weighted by Crippen LogP contribution is -2.29. The Hall–Kier alpha value is -3.47. The van der Waals surface area contributed by atoms with Crippen LogP contribution in [0.25, 0.3) is 21.1 Å². The van der Waals surface area contributed by atoms with Crippen molar-refractivity contribution in [3.63, 3.8) is 0 Å². The van der Waals surface area contributed by atoms with Gasteiger partial charge in [-0.3, -0.25) is 14.3 Å². The molecule has 1 aromatic carbocycles. The lowest BCUT2D eigenvalue weighted by molar-refractivity contribution is 0.0572. The van der Waals surface area contributed by atoms with Gasteiger partial charge in [-0.2, -0.15) is 0 Å². The quantitative estimate of drug-likeness (QED) is 0.428. The number of aromatic nitrogens is 2. The van der Waals surface area contributed by atoms with E-state index in [1.165, 1.54) is 16.2 Å². The first-order valence-corrected chi connectivity index (χ1v) is 11.2. The number of hydrogen-bond acceptors (Lipinski definition) is 7. The van der Waals surface area contributed by atoms with Crippen molar-refractivity contribution in [1.29, 1.82) is 0 Å². The van der Waals surface area contributed by atoms with E-state index in [0.29, 0.717) is 21.9 Å². The fourth-order valence-electron chi connectivity index (χ4n) is 4.09. The van der Waals surface area contributed by atoms with Crippen LogP contribution in [0.2, 0.25) is 0 Å². The minimum atomic E-state index is -0.933. The number of aryl methyl sites for hydroxylation is 1. The van der Waals surface area contributed by atoms with Crippen LogP contribution in [0.5, 0.6) is 11.5 Å². The van der Waals surface area contributed by atoms with Crippen LogP contribution in [-0.4, -0.2) is 68.9 Å². The Morgan fingerprint density at radius 3 is 2.64 bits per heavy atom. The molecular formula is C23H22N4O5S. The maximum absolute atomic E-state index is 12.8. The number of nitrogens with one attached hydrogen (secondary N) is 1. The number of hydrogen-bond donors (Lipinski definition) is 3. The van der Waals surface area contributed by atoms with Gasteiger partial charge < -0.3 is 25.2 Å². The number of benzene rings is 1. The van der Waals surface area contributed by atoms with Crippen molar-refractivity contribution in [3.05, 3.63) is 53.2 Å². The van der Waals surface area contributed by atoms with Crippen LogP contribution < -0.4 is 10.1 Å². The van der Waals surface area contributed by atoms with Crippen LogP contribution in [0.4, 0.5) is 4.79 Å². The van der Waals surface area contributed by atoms with Gasteiger partial charge in [-0.15, -0.1) is 11.3 Å². The molecule has 0 radical (unpaired) electrons. The smallest absolute Gasteiger partial charge is 0.325 e. The van der Waals surface area contributed by atoms with Crippen molar-refractivity contribution in [2.75, 3.05) is 20.1 Å². The summed E-state index contributed by atoms with van der Waals surface area (Å²) in [5.74, 6) is 0.899. The van der Waals surface area contributed by atoms with Gasteiger partial charge in [0.25, 0.3) is 5.91 Å². The molecule has 0 saturated carbocycles. The van der Waals surface area contributed by atoms with Crippen LogP contribution in [0, 0.1) is 6.92 Å². The van der Waals surface area contributed by atoms with Crippen molar-refractivity contribution in [2.24, 2.45) is 0 Å². The summed E-state index contributed by atoms with van der Waals surface area (Å²) in [6.07, 6.45) is -0.249. The molecule has 10 heteroatoms. The Labute approximate surface area is 192 Å². The van der Waals surface area contributed by atoms with E-state index in [4.69, 9.17) is 4.74 Å². The predicted molar refractivity (Wildman–Crippen MR) is 124 cm³/mol. The Kier molecular flexibility index (Phi) is 5.28. The van der Waals surface area contributed by atoms with Gasteiger partial charge in [0.05, 0.1) is 32.8 Å². The third-order valence-electron chi connectivity index (χ3n) is 5.73. The molecule has 4 aromatic rings. The fourth-order valence-corrected chi connectivity index (χ4v) is 5.13. The van der Waals surface area contributed by atoms with Crippen molar-refractivity contribution in [1.82, 2.24) is 19.8 Å². The molecule has 170 valence electrons. The first-order valence-electron chi connectivity index (χ1n) is 10.4. The number of nitrogens with zero attached hydrogens (tertiary/aromatic N) is 3.